The summed E-state index contributed by atoms with van der Waals surface area (Å²) in [5.41, 5.74) is 4.87. The Morgan fingerprint density at radius 3 is 2.27 bits per heavy atom. The van der Waals surface area contributed by atoms with Crippen molar-refractivity contribution in [2.75, 3.05) is 0 Å². The van der Waals surface area contributed by atoms with Crippen LogP contribution >= 0.6 is 0 Å². The summed E-state index contributed by atoms with van der Waals surface area (Å²) in [6.07, 6.45) is 5.07. The molecule has 2 fully saturated rings. The van der Waals surface area contributed by atoms with Crippen molar-refractivity contribution in [3.63, 3.8) is 0 Å². The van der Waals surface area contributed by atoms with Gasteiger partial charge in [-0.3, -0.25) is 4.79 Å². The molecule has 0 amide bonds. The van der Waals surface area contributed by atoms with E-state index in [1.54, 1.807) is 0 Å². The first-order valence-electron chi connectivity index (χ1n) is 4.13. The zero-order valence-corrected chi connectivity index (χ0v) is 6.47. The number of carboxylic acids is 1. The Hall–Kier alpha value is -0.570. The van der Waals surface area contributed by atoms with Crippen LogP contribution in [0.15, 0.2) is 0 Å². The van der Waals surface area contributed by atoms with E-state index >= 15 is 0 Å². The fraction of sp³-hybridized carbons (Fsp3) is 0.875. The van der Waals surface area contributed by atoms with Gasteiger partial charge in [0.2, 0.25) is 0 Å². The van der Waals surface area contributed by atoms with E-state index in [2.05, 4.69) is 0 Å². The number of carbonyl (C=O) groups is 1. The molecule has 0 unspecified atom stereocenters. The van der Waals surface area contributed by atoms with Gasteiger partial charge in [-0.2, -0.15) is 0 Å². The van der Waals surface area contributed by atoms with Crippen molar-refractivity contribution in [2.45, 2.75) is 37.6 Å². The third kappa shape index (κ3) is 0.692. The molecule has 0 saturated heterocycles. The molecule has 1 atom stereocenters. The second-order valence-corrected chi connectivity index (χ2v) is 3.94. The first-order chi connectivity index (χ1) is 5.11. The number of hydrogen-bond donors (Lipinski definition) is 2. The van der Waals surface area contributed by atoms with Crippen molar-refractivity contribution < 1.29 is 9.90 Å². The quantitative estimate of drug-likeness (QED) is 0.586. The fourth-order valence-corrected chi connectivity index (χ4v) is 2.47. The lowest BCUT2D eigenvalue weighted by molar-refractivity contribution is -0.140. The molecule has 2 aliphatic carbocycles. The van der Waals surface area contributed by atoms with Gasteiger partial charge in [0, 0.05) is 5.41 Å². The summed E-state index contributed by atoms with van der Waals surface area (Å²) in [4.78, 5) is 10.7. The second kappa shape index (κ2) is 1.78. The maximum Gasteiger partial charge on any atom is 0.324 e. The van der Waals surface area contributed by atoms with E-state index in [0.717, 1.165) is 25.7 Å². The Kier molecular flexibility index (Phi) is 1.15. The Morgan fingerprint density at radius 1 is 1.36 bits per heavy atom. The third-order valence-corrected chi connectivity index (χ3v) is 3.38. The molecule has 3 N–H and O–H groups in total. The molecule has 2 rings (SSSR count). The van der Waals surface area contributed by atoms with Crippen LogP contribution < -0.4 is 5.73 Å². The summed E-state index contributed by atoms with van der Waals surface area (Å²) in [6, 6.07) is 0. The molecule has 0 aromatic rings. The van der Waals surface area contributed by atoms with Gasteiger partial charge in [-0.15, -0.1) is 0 Å². The van der Waals surface area contributed by atoms with Gasteiger partial charge >= 0.3 is 5.97 Å². The second-order valence-electron chi connectivity index (χ2n) is 3.94. The molecule has 0 radical (unpaired) electrons. The Balaban J connectivity index is 2.17. The van der Waals surface area contributed by atoms with Gasteiger partial charge in [-0.1, -0.05) is 12.8 Å². The van der Waals surface area contributed by atoms with Gasteiger partial charge in [0.1, 0.15) is 5.54 Å². The van der Waals surface area contributed by atoms with Crippen LogP contribution in [0.3, 0.4) is 0 Å². The number of hydrogen-bond acceptors (Lipinski definition) is 2. The lowest BCUT2D eigenvalue weighted by Gasteiger charge is -2.11. The number of nitrogens with two attached hydrogens (primary N) is 1. The molecule has 11 heavy (non-hydrogen) atoms. The van der Waals surface area contributed by atoms with E-state index in [1.807, 2.05) is 0 Å². The molecule has 0 aliphatic heterocycles. The van der Waals surface area contributed by atoms with Gasteiger partial charge in [-0.25, -0.2) is 0 Å². The highest BCUT2D eigenvalue weighted by Gasteiger charge is 2.70. The molecule has 0 aromatic heterocycles. The lowest BCUT2D eigenvalue weighted by atomic mass is 9.98. The van der Waals surface area contributed by atoms with Crippen LogP contribution in [0, 0.1) is 5.41 Å². The highest BCUT2D eigenvalue weighted by molar-refractivity contribution is 5.84. The fourth-order valence-electron chi connectivity index (χ4n) is 2.47. The maximum atomic E-state index is 10.7. The van der Waals surface area contributed by atoms with Crippen LogP contribution in [0.4, 0.5) is 0 Å². The summed E-state index contributed by atoms with van der Waals surface area (Å²) in [5.74, 6) is -0.806. The molecular weight excluding hydrogens is 142 g/mol. The first kappa shape index (κ1) is 7.10. The molecule has 2 saturated carbocycles. The van der Waals surface area contributed by atoms with Gasteiger partial charge in [0.05, 0.1) is 0 Å². The Morgan fingerprint density at radius 2 is 1.91 bits per heavy atom. The Labute approximate surface area is 65.6 Å². The molecule has 1 spiro atoms. The van der Waals surface area contributed by atoms with E-state index < -0.39 is 11.5 Å². The summed E-state index contributed by atoms with van der Waals surface area (Å²) in [5, 5.41) is 8.81. The molecule has 2 aliphatic rings. The van der Waals surface area contributed by atoms with Crippen molar-refractivity contribution in [1.82, 2.24) is 0 Å². The van der Waals surface area contributed by atoms with E-state index in [-0.39, 0.29) is 5.41 Å². The third-order valence-electron chi connectivity index (χ3n) is 3.38. The summed E-state index contributed by atoms with van der Waals surface area (Å²) >= 11 is 0. The van der Waals surface area contributed by atoms with Crippen LogP contribution in [0.2, 0.25) is 0 Å². The highest BCUT2D eigenvalue weighted by atomic mass is 16.4. The number of carboxylic acid groups (broad SMARTS) is 1. The molecule has 0 aromatic carbocycles. The zero-order chi connectivity index (χ0) is 8.11. The Bertz CT molecular complexity index is 208. The molecule has 3 heteroatoms. The van der Waals surface area contributed by atoms with Crippen molar-refractivity contribution in [1.29, 1.82) is 0 Å². The number of rotatable bonds is 1. The van der Waals surface area contributed by atoms with Gasteiger partial charge in [0.15, 0.2) is 0 Å². The summed E-state index contributed by atoms with van der Waals surface area (Å²) in [7, 11) is 0. The van der Waals surface area contributed by atoms with Crippen molar-refractivity contribution in [3.05, 3.63) is 0 Å². The average molecular weight is 155 g/mol. The molecule has 3 nitrogen and oxygen atoms in total. The van der Waals surface area contributed by atoms with Crippen molar-refractivity contribution >= 4 is 5.97 Å². The zero-order valence-electron chi connectivity index (χ0n) is 6.47. The highest BCUT2D eigenvalue weighted by Crippen LogP contribution is 2.64. The molecule has 62 valence electrons. The molecule has 0 heterocycles. The number of aliphatic carboxylic acids is 1. The summed E-state index contributed by atoms with van der Waals surface area (Å²) < 4.78 is 0. The normalized spacial score (nSPS) is 39.4. The maximum absolute atomic E-state index is 10.7. The van der Waals surface area contributed by atoms with Crippen LogP contribution in [0.25, 0.3) is 0 Å². The van der Waals surface area contributed by atoms with Crippen molar-refractivity contribution in [2.24, 2.45) is 11.1 Å². The predicted molar refractivity (Wildman–Crippen MR) is 40.1 cm³/mol. The minimum absolute atomic E-state index is 0.00116. The SMILES string of the molecule is N[C@@]1(C(=O)O)CC12CCCC2. The van der Waals surface area contributed by atoms with E-state index in [9.17, 15) is 4.79 Å². The first-order valence-corrected chi connectivity index (χ1v) is 4.13. The largest absolute Gasteiger partial charge is 0.480 e. The molecular formula is C8H13NO2. The minimum Gasteiger partial charge on any atom is -0.480 e. The van der Waals surface area contributed by atoms with Crippen LogP contribution in [0.5, 0.6) is 0 Å². The topological polar surface area (TPSA) is 63.3 Å². The van der Waals surface area contributed by atoms with Crippen molar-refractivity contribution in [3.8, 4) is 0 Å². The van der Waals surface area contributed by atoms with Crippen LogP contribution in [0.1, 0.15) is 32.1 Å². The monoisotopic (exact) mass is 155 g/mol. The average Bonchev–Trinajstić information content (AvgIpc) is 2.38. The van der Waals surface area contributed by atoms with Gasteiger partial charge in [0.25, 0.3) is 0 Å². The van der Waals surface area contributed by atoms with E-state index in [1.165, 1.54) is 0 Å². The van der Waals surface area contributed by atoms with Gasteiger partial charge < -0.3 is 10.8 Å². The minimum atomic E-state index is -0.858. The standard InChI is InChI=1S/C8H13NO2/c9-8(6(10)11)5-7(8)3-1-2-4-7/h1-5,9H2,(H,10,11)/t8-/m1/s1. The van der Waals surface area contributed by atoms with Gasteiger partial charge in [-0.05, 0) is 19.3 Å². The van der Waals surface area contributed by atoms with Crippen LogP contribution in [-0.4, -0.2) is 16.6 Å². The summed E-state index contributed by atoms with van der Waals surface area (Å²) in [6.45, 7) is 0. The lowest BCUT2D eigenvalue weighted by Crippen LogP contribution is -2.38. The van der Waals surface area contributed by atoms with Crippen LogP contribution in [-0.2, 0) is 4.79 Å². The predicted octanol–water partition coefficient (Wildman–Crippen LogP) is 0.733. The van der Waals surface area contributed by atoms with E-state index in [4.69, 9.17) is 10.8 Å². The molecule has 0 bridgehead atoms. The van der Waals surface area contributed by atoms with E-state index in [0.29, 0.717) is 6.42 Å². The smallest absolute Gasteiger partial charge is 0.324 e.